The zero-order chi connectivity index (χ0) is 21.2. The van der Waals surface area contributed by atoms with E-state index >= 15 is 0 Å². The molecule has 0 atom stereocenters. The maximum Gasteiger partial charge on any atom is 0.267 e. The summed E-state index contributed by atoms with van der Waals surface area (Å²) in [6, 6.07) is 11.6. The fourth-order valence-electron chi connectivity index (χ4n) is 3.15. The van der Waals surface area contributed by atoms with Crippen LogP contribution >= 0.6 is 11.6 Å². The molecule has 29 heavy (non-hydrogen) atoms. The quantitative estimate of drug-likeness (QED) is 0.735. The van der Waals surface area contributed by atoms with Gasteiger partial charge in [0.15, 0.2) is 5.60 Å². The first-order valence-electron chi connectivity index (χ1n) is 9.46. The van der Waals surface area contributed by atoms with E-state index in [1.54, 1.807) is 57.2 Å². The summed E-state index contributed by atoms with van der Waals surface area (Å²) in [4.78, 5) is 13.0. The number of aryl methyl sites for hydroxylation is 1. The van der Waals surface area contributed by atoms with Crippen LogP contribution in [0.5, 0.6) is 5.75 Å². The van der Waals surface area contributed by atoms with Crippen LogP contribution in [0.2, 0.25) is 5.02 Å². The Morgan fingerprint density at radius 3 is 2.34 bits per heavy atom. The molecule has 1 heterocycles. The first-order chi connectivity index (χ1) is 13.6. The van der Waals surface area contributed by atoms with Crippen molar-refractivity contribution in [1.82, 2.24) is 4.31 Å². The van der Waals surface area contributed by atoms with Gasteiger partial charge in [0, 0.05) is 23.8 Å². The second kappa shape index (κ2) is 8.34. The highest BCUT2D eigenvalue weighted by Crippen LogP contribution is 2.27. The molecule has 0 radical (unpaired) electrons. The van der Waals surface area contributed by atoms with Gasteiger partial charge in [0.05, 0.1) is 4.90 Å². The Bertz CT molecular complexity index is 998. The number of ether oxygens (including phenoxy) is 1. The van der Waals surface area contributed by atoms with Gasteiger partial charge in [-0.1, -0.05) is 17.7 Å². The number of nitrogens with zero attached hydrogens (tertiary/aromatic N) is 1. The van der Waals surface area contributed by atoms with E-state index in [4.69, 9.17) is 16.3 Å². The molecule has 1 aliphatic rings. The number of carbonyl (C=O) groups is 1. The highest BCUT2D eigenvalue weighted by atomic mass is 35.5. The maximum absolute atomic E-state index is 12.9. The van der Waals surface area contributed by atoms with E-state index in [0.29, 0.717) is 35.1 Å². The molecule has 1 fully saturated rings. The lowest BCUT2D eigenvalue weighted by atomic mass is 10.1. The van der Waals surface area contributed by atoms with Crippen molar-refractivity contribution in [3.63, 3.8) is 0 Å². The number of amides is 1. The van der Waals surface area contributed by atoms with Crippen LogP contribution in [0.3, 0.4) is 0 Å². The van der Waals surface area contributed by atoms with Crippen LogP contribution in [0.25, 0.3) is 0 Å². The molecule has 6 nitrogen and oxygen atoms in total. The smallest absolute Gasteiger partial charge is 0.267 e. The fraction of sp³-hybridized carbons (Fsp3) is 0.381. The Morgan fingerprint density at radius 1 is 1.10 bits per heavy atom. The van der Waals surface area contributed by atoms with Crippen molar-refractivity contribution in [3.8, 4) is 5.75 Å². The number of carbonyl (C=O) groups excluding carboxylic acids is 1. The summed E-state index contributed by atoms with van der Waals surface area (Å²) < 4.78 is 33.2. The summed E-state index contributed by atoms with van der Waals surface area (Å²) in [7, 11) is -3.58. The van der Waals surface area contributed by atoms with E-state index in [9.17, 15) is 13.2 Å². The third-order valence-electron chi connectivity index (χ3n) is 4.86. The Morgan fingerprint density at radius 2 is 1.72 bits per heavy atom. The Labute approximate surface area is 176 Å². The molecule has 1 amide bonds. The summed E-state index contributed by atoms with van der Waals surface area (Å²) in [5.41, 5.74) is -0.120. The van der Waals surface area contributed by atoms with E-state index < -0.39 is 15.6 Å². The lowest BCUT2D eigenvalue weighted by molar-refractivity contribution is -0.128. The normalized spacial score (nSPS) is 15.3. The van der Waals surface area contributed by atoms with Crippen molar-refractivity contribution >= 4 is 33.2 Å². The number of nitrogens with one attached hydrogen (secondary N) is 1. The van der Waals surface area contributed by atoms with Gasteiger partial charge in [-0.05, 0) is 75.6 Å². The van der Waals surface area contributed by atoms with Crippen LogP contribution in [0.1, 0.15) is 32.3 Å². The molecule has 2 aromatic rings. The van der Waals surface area contributed by atoms with Gasteiger partial charge < -0.3 is 10.1 Å². The molecule has 8 heteroatoms. The molecular weight excluding hydrogens is 412 g/mol. The maximum atomic E-state index is 12.9. The summed E-state index contributed by atoms with van der Waals surface area (Å²) >= 11 is 5.88. The minimum atomic E-state index is -3.58. The van der Waals surface area contributed by atoms with Gasteiger partial charge in [0.2, 0.25) is 10.0 Å². The number of hydrogen-bond acceptors (Lipinski definition) is 4. The fourth-order valence-corrected chi connectivity index (χ4v) is 5.04. The minimum absolute atomic E-state index is 0.216. The number of hydrogen-bond donors (Lipinski definition) is 1. The zero-order valence-corrected chi connectivity index (χ0v) is 18.3. The predicted octanol–water partition coefficient (Wildman–Crippen LogP) is 4.23. The first-order valence-corrected chi connectivity index (χ1v) is 11.3. The minimum Gasteiger partial charge on any atom is -0.478 e. The standard InChI is InChI=1S/C21H25ClN2O4S/c1-15-6-9-17(14-19(15)29(26,27)24-12-4-5-13-24)23-20(25)21(2,3)28-18-10-7-16(22)8-11-18/h6-11,14H,4-5,12-13H2,1-3H3,(H,23,25). The molecule has 1 aliphatic heterocycles. The lowest BCUT2D eigenvalue weighted by Crippen LogP contribution is -2.42. The monoisotopic (exact) mass is 436 g/mol. The van der Waals surface area contributed by atoms with E-state index in [-0.39, 0.29) is 10.8 Å². The largest absolute Gasteiger partial charge is 0.478 e. The summed E-state index contributed by atoms with van der Waals surface area (Å²) in [5.74, 6) is 0.122. The number of anilines is 1. The molecule has 0 bridgehead atoms. The molecule has 0 aliphatic carbocycles. The van der Waals surface area contributed by atoms with Crippen LogP contribution in [-0.4, -0.2) is 37.3 Å². The van der Waals surface area contributed by atoms with E-state index in [0.717, 1.165) is 12.8 Å². The topological polar surface area (TPSA) is 75.7 Å². The molecule has 2 aromatic carbocycles. The van der Waals surface area contributed by atoms with Gasteiger partial charge in [0.1, 0.15) is 5.75 Å². The molecule has 156 valence electrons. The number of benzene rings is 2. The summed E-state index contributed by atoms with van der Waals surface area (Å²) in [6.07, 6.45) is 1.73. The summed E-state index contributed by atoms with van der Waals surface area (Å²) in [5, 5.41) is 3.35. The number of sulfonamides is 1. The predicted molar refractivity (Wildman–Crippen MR) is 114 cm³/mol. The van der Waals surface area contributed by atoms with Crippen LogP contribution < -0.4 is 10.1 Å². The van der Waals surface area contributed by atoms with E-state index in [1.165, 1.54) is 10.4 Å². The summed E-state index contributed by atoms with van der Waals surface area (Å²) in [6.45, 7) is 6.10. The van der Waals surface area contributed by atoms with Crippen LogP contribution in [0.4, 0.5) is 5.69 Å². The average Bonchev–Trinajstić information content (AvgIpc) is 3.20. The van der Waals surface area contributed by atoms with Gasteiger partial charge in [0.25, 0.3) is 5.91 Å². The van der Waals surface area contributed by atoms with Crippen LogP contribution in [0.15, 0.2) is 47.4 Å². The Balaban J connectivity index is 1.78. The van der Waals surface area contributed by atoms with E-state index in [2.05, 4.69) is 5.32 Å². The van der Waals surface area contributed by atoms with Crippen molar-refractivity contribution in [2.24, 2.45) is 0 Å². The third-order valence-corrected chi connectivity index (χ3v) is 7.15. The highest BCUT2D eigenvalue weighted by Gasteiger charge is 2.32. The van der Waals surface area contributed by atoms with Gasteiger partial charge in [-0.25, -0.2) is 8.42 Å². The first kappa shape index (κ1) is 21.6. The molecule has 0 saturated carbocycles. The van der Waals surface area contributed by atoms with Gasteiger partial charge >= 0.3 is 0 Å². The number of rotatable bonds is 6. The van der Waals surface area contributed by atoms with Gasteiger partial charge in [-0.3, -0.25) is 4.79 Å². The van der Waals surface area contributed by atoms with Crippen LogP contribution in [0, 0.1) is 6.92 Å². The Hall–Kier alpha value is -2.09. The molecule has 1 N–H and O–H groups in total. The third kappa shape index (κ3) is 4.91. The lowest BCUT2D eigenvalue weighted by Gasteiger charge is -2.25. The van der Waals surface area contributed by atoms with Gasteiger partial charge in [-0.15, -0.1) is 0 Å². The Kier molecular flexibility index (Phi) is 6.22. The zero-order valence-electron chi connectivity index (χ0n) is 16.7. The molecule has 1 saturated heterocycles. The van der Waals surface area contributed by atoms with Gasteiger partial charge in [-0.2, -0.15) is 4.31 Å². The number of halogens is 1. The van der Waals surface area contributed by atoms with Crippen LogP contribution in [-0.2, 0) is 14.8 Å². The molecule has 0 aromatic heterocycles. The second-order valence-corrected chi connectivity index (χ2v) is 9.95. The molecular formula is C21H25ClN2O4S. The van der Waals surface area contributed by atoms with Crippen molar-refractivity contribution in [2.45, 2.75) is 44.1 Å². The van der Waals surface area contributed by atoms with Crippen molar-refractivity contribution in [3.05, 3.63) is 53.1 Å². The van der Waals surface area contributed by atoms with Crippen molar-refractivity contribution in [1.29, 1.82) is 0 Å². The molecule has 0 spiro atoms. The average molecular weight is 437 g/mol. The second-order valence-electron chi connectivity index (χ2n) is 7.61. The van der Waals surface area contributed by atoms with Crippen molar-refractivity contribution in [2.75, 3.05) is 18.4 Å². The van der Waals surface area contributed by atoms with E-state index in [1.807, 2.05) is 0 Å². The van der Waals surface area contributed by atoms with Crippen molar-refractivity contribution < 1.29 is 17.9 Å². The highest BCUT2D eigenvalue weighted by molar-refractivity contribution is 7.89. The molecule has 3 rings (SSSR count). The SMILES string of the molecule is Cc1ccc(NC(=O)C(C)(C)Oc2ccc(Cl)cc2)cc1S(=O)(=O)N1CCCC1. The molecule has 0 unspecified atom stereocenters.